The SMILES string of the molecule is CO[C@H]1O[C@@H](OC)[C@H]2C(c3c(C)cc(C)cc3C)=NO[C@@H]12. The number of aryl methyl sites for hydroxylation is 3. The van der Waals surface area contributed by atoms with Gasteiger partial charge in [0.15, 0.2) is 12.4 Å². The standard InChI is InChI=1S/C16H21NO4/c1-8-6-9(2)11(10(3)7-8)13-12-14(21-17-13)16(19-5)20-15(12)18-4/h6-7,12,14-16H,1-5H3/t12-,14+,15+,16-/m0/s1. The van der Waals surface area contributed by atoms with Crippen LogP contribution < -0.4 is 0 Å². The Kier molecular flexibility index (Phi) is 3.73. The van der Waals surface area contributed by atoms with Gasteiger partial charge in [0.1, 0.15) is 5.92 Å². The van der Waals surface area contributed by atoms with Crippen molar-refractivity contribution in [1.29, 1.82) is 0 Å². The third kappa shape index (κ3) is 2.25. The number of ether oxygens (including phenoxy) is 3. The predicted octanol–water partition coefficient (Wildman–Crippen LogP) is 2.31. The van der Waals surface area contributed by atoms with Crippen LogP contribution in [0.4, 0.5) is 0 Å². The van der Waals surface area contributed by atoms with Gasteiger partial charge >= 0.3 is 0 Å². The fourth-order valence-corrected chi connectivity index (χ4v) is 3.38. The van der Waals surface area contributed by atoms with Crippen molar-refractivity contribution in [3.63, 3.8) is 0 Å². The van der Waals surface area contributed by atoms with Crippen molar-refractivity contribution in [2.45, 2.75) is 39.5 Å². The van der Waals surface area contributed by atoms with Crippen LogP contribution >= 0.6 is 0 Å². The molecule has 2 aliphatic heterocycles. The van der Waals surface area contributed by atoms with Crippen LogP contribution in [0.5, 0.6) is 0 Å². The highest BCUT2D eigenvalue weighted by molar-refractivity contribution is 6.05. The minimum absolute atomic E-state index is 0.0694. The lowest BCUT2D eigenvalue weighted by Crippen LogP contribution is -2.32. The van der Waals surface area contributed by atoms with Crippen molar-refractivity contribution in [2.24, 2.45) is 11.1 Å². The molecule has 0 amide bonds. The lowest BCUT2D eigenvalue weighted by molar-refractivity contribution is -0.206. The Hall–Kier alpha value is -1.43. The maximum absolute atomic E-state index is 5.73. The van der Waals surface area contributed by atoms with Crippen molar-refractivity contribution in [3.05, 3.63) is 34.4 Å². The van der Waals surface area contributed by atoms with Gasteiger partial charge in [0, 0.05) is 19.8 Å². The second kappa shape index (κ2) is 5.40. The van der Waals surface area contributed by atoms with Crippen LogP contribution in [-0.2, 0) is 19.0 Å². The quantitative estimate of drug-likeness (QED) is 0.857. The molecular formula is C16H21NO4. The van der Waals surface area contributed by atoms with Crippen molar-refractivity contribution < 1.29 is 19.0 Å². The Balaban J connectivity index is 2.01. The molecule has 3 rings (SSSR count). The van der Waals surface area contributed by atoms with E-state index in [0.29, 0.717) is 0 Å². The molecule has 0 N–H and O–H groups in total. The first-order chi connectivity index (χ1) is 10.1. The highest BCUT2D eigenvalue weighted by Gasteiger charge is 2.54. The molecule has 21 heavy (non-hydrogen) atoms. The predicted molar refractivity (Wildman–Crippen MR) is 78.2 cm³/mol. The van der Waals surface area contributed by atoms with Crippen LogP contribution in [-0.4, -0.2) is 38.6 Å². The first-order valence-electron chi connectivity index (χ1n) is 7.09. The van der Waals surface area contributed by atoms with Gasteiger partial charge in [-0.05, 0) is 31.9 Å². The summed E-state index contributed by atoms with van der Waals surface area (Å²) in [6.07, 6.45) is -1.11. The first-order valence-corrected chi connectivity index (χ1v) is 7.09. The smallest absolute Gasteiger partial charge is 0.200 e. The molecule has 2 aliphatic rings. The van der Waals surface area contributed by atoms with Gasteiger partial charge < -0.3 is 19.0 Å². The van der Waals surface area contributed by atoms with Crippen LogP contribution in [0.15, 0.2) is 17.3 Å². The van der Waals surface area contributed by atoms with Crippen molar-refractivity contribution in [2.75, 3.05) is 14.2 Å². The maximum Gasteiger partial charge on any atom is 0.200 e. The van der Waals surface area contributed by atoms with Crippen LogP contribution in [0.2, 0.25) is 0 Å². The van der Waals surface area contributed by atoms with E-state index in [1.807, 2.05) is 0 Å². The van der Waals surface area contributed by atoms with E-state index < -0.39 is 12.6 Å². The van der Waals surface area contributed by atoms with Gasteiger partial charge in [0.25, 0.3) is 0 Å². The lowest BCUT2D eigenvalue weighted by Gasteiger charge is -2.18. The van der Waals surface area contributed by atoms with Crippen LogP contribution in [0.3, 0.4) is 0 Å². The molecule has 0 unspecified atom stereocenters. The molecule has 1 fully saturated rings. The molecule has 4 atom stereocenters. The Morgan fingerprint density at radius 3 is 2.19 bits per heavy atom. The van der Waals surface area contributed by atoms with E-state index in [4.69, 9.17) is 19.0 Å². The summed E-state index contributed by atoms with van der Waals surface area (Å²) in [6, 6.07) is 4.31. The summed E-state index contributed by atoms with van der Waals surface area (Å²) in [7, 11) is 3.23. The van der Waals surface area contributed by atoms with Crippen LogP contribution in [0.1, 0.15) is 22.3 Å². The second-order valence-electron chi connectivity index (χ2n) is 5.69. The second-order valence-corrected chi connectivity index (χ2v) is 5.69. The molecule has 5 nitrogen and oxygen atoms in total. The number of oxime groups is 1. The topological polar surface area (TPSA) is 49.3 Å². The fourth-order valence-electron chi connectivity index (χ4n) is 3.38. The molecule has 0 spiro atoms. The number of fused-ring (bicyclic) bond motifs is 1. The molecule has 0 bridgehead atoms. The van der Waals surface area contributed by atoms with Crippen LogP contribution in [0, 0.1) is 26.7 Å². The molecule has 0 aromatic heterocycles. The van der Waals surface area contributed by atoms with Gasteiger partial charge in [0.05, 0.1) is 5.71 Å². The molecule has 1 saturated heterocycles. The maximum atomic E-state index is 5.73. The summed E-state index contributed by atoms with van der Waals surface area (Å²) in [4.78, 5) is 5.58. The number of rotatable bonds is 3. The summed E-state index contributed by atoms with van der Waals surface area (Å²) in [6.45, 7) is 6.28. The zero-order valence-electron chi connectivity index (χ0n) is 13.0. The van der Waals surface area contributed by atoms with E-state index in [2.05, 4.69) is 38.1 Å². The minimum atomic E-state index is -0.452. The Morgan fingerprint density at radius 1 is 1.00 bits per heavy atom. The summed E-state index contributed by atoms with van der Waals surface area (Å²) in [5.41, 5.74) is 5.62. The number of methoxy groups -OCH3 is 2. The van der Waals surface area contributed by atoms with Gasteiger partial charge in [-0.2, -0.15) is 0 Å². The normalized spacial score (nSPS) is 31.0. The van der Waals surface area contributed by atoms with Crippen molar-refractivity contribution in [1.82, 2.24) is 0 Å². The van der Waals surface area contributed by atoms with Crippen molar-refractivity contribution >= 4 is 5.71 Å². The summed E-state index contributed by atoms with van der Waals surface area (Å²) in [5.74, 6) is -0.0694. The zero-order chi connectivity index (χ0) is 15.1. The third-order valence-electron chi connectivity index (χ3n) is 4.17. The molecule has 114 valence electrons. The fraction of sp³-hybridized carbons (Fsp3) is 0.562. The van der Waals surface area contributed by atoms with E-state index in [0.717, 1.165) is 11.3 Å². The van der Waals surface area contributed by atoms with Gasteiger partial charge in [-0.25, -0.2) is 0 Å². The number of nitrogens with zero attached hydrogens (tertiary/aromatic N) is 1. The minimum Gasteiger partial charge on any atom is -0.386 e. The summed E-state index contributed by atoms with van der Waals surface area (Å²) >= 11 is 0. The molecule has 5 heteroatoms. The van der Waals surface area contributed by atoms with E-state index in [1.54, 1.807) is 14.2 Å². The lowest BCUT2D eigenvalue weighted by atomic mass is 9.87. The van der Waals surface area contributed by atoms with Gasteiger partial charge in [-0.15, -0.1) is 0 Å². The number of hydrogen-bond acceptors (Lipinski definition) is 5. The van der Waals surface area contributed by atoms with Crippen LogP contribution in [0.25, 0.3) is 0 Å². The Morgan fingerprint density at radius 2 is 1.62 bits per heavy atom. The zero-order valence-corrected chi connectivity index (χ0v) is 13.0. The Labute approximate surface area is 124 Å². The van der Waals surface area contributed by atoms with Crippen molar-refractivity contribution in [3.8, 4) is 0 Å². The highest BCUT2D eigenvalue weighted by atomic mass is 16.8. The van der Waals surface area contributed by atoms with E-state index in [-0.39, 0.29) is 12.0 Å². The number of hydrogen-bond donors (Lipinski definition) is 0. The largest absolute Gasteiger partial charge is 0.386 e. The summed E-state index contributed by atoms with van der Waals surface area (Å²) < 4.78 is 16.5. The Bertz CT molecular complexity index is 561. The highest BCUT2D eigenvalue weighted by Crippen LogP contribution is 2.39. The van der Waals surface area contributed by atoms with Gasteiger partial charge in [0.2, 0.25) is 6.29 Å². The van der Waals surface area contributed by atoms with Gasteiger partial charge in [-0.3, -0.25) is 0 Å². The molecule has 2 heterocycles. The van der Waals surface area contributed by atoms with E-state index in [1.165, 1.54) is 16.7 Å². The average Bonchev–Trinajstić information content (AvgIpc) is 2.98. The van der Waals surface area contributed by atoms with E-state index in [9.17, 15) is 0 Å². The molecule has 0 saturated carbocycles. The number of benzene rings is 1. The average molecular weight is 291 g/mol. The molecule has 0 radical (unpaired) electrons. The summed E-state index contributed by atoms with van der Waals surface area (Å²) in [5, 5.41) is 4.31. The molecule has 0 aliphatic carbocycles. The molecular weight excluding hydrogens is 270 g/mol. The van der Waals surface area contributed by atoms with E-state index >= 15 is 0 Å². The van der Waals surface area contributed by atoms with Gasteiger partial charge in [-0.1, -0.05) is 22.9 Å². The monoisotopic (exact) mass is 291 g/mol. The first kappa shape index (κ1) is 14.5. The molecule has 1 aromatic rings. The molecule has 1 aromatic carbocycles. The third-order valence-corrected chi connectivity index (χ3v) is 4.17.